The van der Waals surface area contributed by atoms with Gasteiger partial charge in [0.2, 0.25) is 5.95 Å². The van der Waals surface area contributed by atoms with E-state index in [-0.39, 0.29) is 17.6 Å². The third kappa shape index (κ3) is 1.83. The fourth-order valence-corrected chi connectivity index (χ4v) is 2.15. The highest BCUT2D eigenvalue weighted by atomic mass is 19.1. The maximum Gasteiger partial charge on any atom is 0.205 e. The Morgan fingerprint density at radius 2 is 1.74 bits per heavy atom. The number of nitrogens with zero attached hydrogens (tertiary/aromatic N) is 2. The van der Waals surface area contributed by atoms with Crippen LogP contribution in [0.2, 0.25) is 0 Å². The minimum Gasteiger partial charge on any atom is -0.369 e. The zero-order chi connectivity index (χ0) is 13.6. The zero-order valence-corrected chi connectivity index (χ0v) is 10.2. The van der Waals surface area contributed by atoms with Gasteiger partial charge in [-0.25, -0.2) is 13.8 Å². The van der Waals surface area contributed by atoms with Gasteiger partial charge in [0.05, 0.1) is 16.7 Å². The summed E-state index contributed by atoms with van der Waals surface area (Å²) < 4.78 is 28.2. The Kier molecular flexibility index (Phi) is 2.48. The topological polar surface area (TPSA) is 43.8 Å². The summed E-state index contributed by atoms with van der Waals surface area (Å²) in [5.41, 5.74) is 8.41. The number of aryl methyl sites for hydroxylation is 1. The standard InChI is InChI=1S/C14H11F2N3/c1-8-2-3-10(16)7-13(8)19-12-5-4-9(15)6-11(12)18-14(19)17/h2-7H,1H3,(H2,17,18). The van der Waals surface area contributed by atoms with Gasteiger partial charge >= 0.3 is 0 Å². The first-order valence-corrected chi connectivity index (χ1v) is 5.76. The number of hydrogen-bond acceptors (Lipinski definition) is 2. The second-order valence-electron chi connectivity index (χ2n) is 4.37. The van der Waals surface area contributed by atoms with Crippen LogP contribution >= 0.6 is 0 Å². The molecular weight excluding hydrogens is 248 g/mol. The van der Waals surface area contributed by atoms with Crippen LogP contribution in [0, 0.1) is 18.6 Å². The molecule has 0 unspecified atom stereocenters. The summed E-state index contributed by atoms with van der Waals surface area (Å²) in [6, 6.07) is 8.65. The lowest BCUT2D eigenvalue weighted by Gasteiger charge is -2.10. The largest absolute Gasteiger partial charge is 0.369 e. The first-order valence-electron chi connectivity index (χ1n) is 5.76. The van der Waals surface area contributed by atoms with Gasteiger partial charge < -0.3 is 5.73 Å². The second kappa shape index (κ2) is 4.05. The van der Waals surface area contributed by atoms with E-state index < -0.39 is 0 Å². The van der Waals surface area contributed by atoms with Crippen LogP contribution in [0.4, 0.5) is 14.7 Å². The molecule has 0 aliphatic heterocycles. The van der Waals surface area contributed by atoms with E-state index in [9.17, 15) is 8.78 Å². The molecule has 0 aliphatic carbocycles. The van der Waals surface area contributed by atoms with Crippen molar-refractivity contribution in [1.82, 2.24) is 9.55 Å². The molecular formula is C14H11F2N3. The molecule has 1 aromatic heterocycles. The summed E-state index contributed by atoms with van der Waals surface area (Å²) in [6.07, 6.45) is 0. The van der Waals surface area contributed by atoms with Crippen LogP contribution in [0.3, 0.4) is 0 Å². The van der Waals surface area contributed by atoms with Crippen LogP contribution in [0.25, 0.3) is 16.7 Å². The summed E-state index contributed by atoms with van der Waals surface area (Å²) >= 11 is 0. The lowest BCUT2D eigenvalue weighted by atomic mass is 10.2. The van der Waals surface area contributed by atoms with Gasteiger partial charge in [0.15, 0.2) is 0 Å². The molecule has 0 bridgehead atoms. The zero-order valence-electron chi connectivity index (χ0n) is 10.2. The summed E-state index contributed by atoms with van der Waals surface area (Å²) in [6.45, 7) is 1.85. The molecule has 2 N–H and O–H groups in total. The van der Waals surface area contributed by atoms with Gasteiger partial charge in [0.25, 0.3) is 0 Å². The fraction of sp³-hybridized carbons (Fsp3) is 0.0714. The van der Waals surface area contributed by atoms with Crippen LogP contribution in [-0.4, -0.2) is 9.55 Å². The van der Waals surface area contributed by atoms with E-state index in [0.29, 0.717) is 16.7 Å². The Balaban J connectivity index is 2.36. The van der Waals surface area contributed by atoms with E-state index in [4.69, 9.17) is 5.73 Å². The van der Waals surface area contributed by atoms with E-state index >= 15 is 0 Å². The summed E-state index contributed by atoms with van der Waals surface area (Å²) in [7, 11) is 0. The van der Waals surface area contributed by atoms with E-state index in [0.717, 1.165) is 5.56 Å². The molecule has 0 saturated heterocycles. The minimum atomic E-state index is -0.381. The molecule has 0 aliphatic rings. The SMILES string of the molecule is Cc1ccc(F)cc1-n1c(N)nc2cc(F)ccc21. The quantitative estimate of drug-likeness (QED) is 0.729. The van der Waals surface area contributed by atoms with Crippen molar-refractivity contribution in [3.05, 3.63) is 53.6 Å². The Morgan fingerprint density at radius 3 is 2.53 bits per heavy atom. The average Bonchev–Trinajstić information content (AvgIpc) is 2.67. The van der Waals surface area contributed by atoms with Gasteiger partial charge in [-0.3, -0.25) is 4.57 Å². The molecule has 0 amide bonds. The average molecular weight is 259 g/mol. The van der Waals surface area contributed by atoms with Crippen molar-refractivity contribution in [2.24, 2.45) is 0 Å². The van der Waals surface area contributed by atoms with Gasteiger partial charge in [-0.15, -0.1) is 0 Å². The van der Waals surface area contributed by atoms with Gasteiger partial charge in [0, 0.05) is 6.07 Å². The molecule has 2 aromatic carbocycles. The Labute approximate surface area is 108 Å². The summed E-state index contributed by atoms with van der Waals surface area (Å²) in [5, 5.41) is 0. The number of rotatable bonds is 1. The van der Waals surface area contributed by atoms with Crippen molar-refractivity contribution < 1.29 is 8.78 Å². The maximum absolute atomic E-state index is 13.4. The third-order valence-corrected chi connectivity index (χ3v) is 3.05. The molecule has 5 heteroatoms. The Hall–Kier alpha value is -2.43. The molecule has 0 fully saturated rings. The second-order valence-corrected chi connectivity index (χ2v) is 4.37. The Bertz CT molecular complexity index is 778. The number of nitrogens with two attached hydrogens (primary N) is 1. The molecule has 19 heavy (non-hydrogen) atoms. The number of aromatic nitrogens is 2. The molecule has 3 nitrogen and oxygen atoms in total. The van der Waals surface area contributed by atoms with E-state index in [1.807, 2.05) is 6.92 Å². The number of anilines is 1. The highest BCUT2D eigenvalue weighted by Crippen LogP contribution is 2.26. The van der Waals surface area contributed by atoms with Crippen LogP contribution in [0.5, 0.6) is 0 Å². The van der Waals surface area contributed by atoms with Gasteiger partial charge in [-0.05, 0) is 36.8 Å². The maximum atomic E-state index is 13.4. The lowest BCUT2D eigenvalue weighted by molar-refractivity contribution is 0.626. The van der Waals surface area contributed by atoms with Gasteiger partial charge in [-0.2, -0.15) is 0 Å². The van der Waals surface area contributed by atoms with E-state index in [1.54, 1.807) is 16.7 Å². The molecule has 3 rings (SSSR count). The predicted molar refractivity (Wildman–Crippen MR) is 70.1 cm³/mol. The van der Waals surface area contributed by atoms with Crippen LogP contribution < -0.4 is 5.73 Å². The predicted octanol–water partition coefficient (Wildman–Crippen LogP) is 3.19. The number of benzene rings is 2. The van der Waals surface area contributed by atoms with Crippen LogP contribution in [0.1, 0.15) is 5.56 Å². The van der Waals surface area contributed by atoms with Crippen LogP contribution in [-0.2, 0) is 0 Å². The number of hydrogen-bond donors (Lipinski definition) is 1. The highest BCUT2D eigenvalue weighted by Gasteiger charge is 2.13. The normalized spacial score (nSPS) is 11.1. The van der Waals surface area contributed by atoms with Gasteiger partial charge in [0.1, 0.15) is 11.6 Å². The van der Waals surface area contributed by atoms with Crippen molar-refractivity contribution in [1.29, 1.82) is 0 Å². The molecule has 0 spiro atoms. The summed E-state index contributed by atoms with van der Waals surface area (Å²) in [5.74, 6) is -0.536. The fourth-order valence-electron chi connectivity index (χ4n) is 2.15. The molecule has 0 radical (unpaired) electrons. The van der Waals surface area contributed by atoms with Crippen molar-refractivity contribution in [2.45, 2.75) is 6.92 Å². The third-order valence-electron chi connectivity index (χ3n) is 3.05. The first kappa shape index (κ1) is 11.6. The number of fused-ring (bicyclic) bond motifs is 1. The van der Waals surface area contributed by atoms with Crippen LogP contribution in [0.15, 0.2) is 36.4 Å². The smallest absolute Gasteiger partial charge is 0.205 e. The number of nitrogen functional groups attached to an aromatic ring is 1. The molecule has 3 aromatic rings. The summed E-state index contributed by atoms with van der Waals surface area (Å²) in [4.78, 5) is 4.10. The van der Waals surface area contributed by atoms with E-state index in [1.165, 1.54) is 24.3 Å². The monoisotopic (exact) mass is 259 g/mol. The van der Waals surface area contributed by atoms with E-state index in [2.05, 4.69) is 4.98 Å². The van der Waals surface area contributed by atoms with Gasteiger partial charge in [-0.1, -0.05) is 6.07 Å². The first-order chi connectivity index (χ1) is 9.06. The van der Waals surface area contributed by atoms with Crippen molar-refractivity contribution in [3.8, 4) is 5.69 Å². The molecule has 0 atom stereocenters. The number of imidazole rings is 1. The highest BCUT2D eigenvalue weighted by molar-refractivity contribution is 5.81. The lowest BCUT2D eigenvalue weighted by Crippen LogP contribution is -2.03. The van der Waals surface area contributed by atoms with Crippen molar-refractivity contribution in [3.63, 3.8) is 0 Å². The van der Waals surface area contributed by atoms with Crippen molar-refractivity contribution in [2.75, 3.05) is 5.73 Å². The number of halogens is 2. The molecule has 0 saturated carbocycles. The Morgan fingerprint density at radius 1 is 1.05 bits per heavy atom. The molecule has 96 valence electrons. The van der Waals surface area contributed by atoms with Crippen molar-refractivity contribution >= 4 is 17.0 Å². The minimum absolute atomic E-state index is 0.203. The molecule has 1 heterocycles.